The molecule has 0 unspecified atom stereocenters. The summed E-state index contributed by atoms with van der Waals surface area (Å²) in [7, 11) is 0. The molecule has 0 saturated carbocycles. The standard InChI is InChI=1S/C11H11N5/c1-2-15-7-10(6-14-15)9-5-12-11-3-4-13-16(11)8-9/h3-8H,2H2,1H3. The largest absolute Gasteiger partial charge is 0.272 e. The van der Waals surface area contributed by atoms with Gasteiger partial charge in [0, 0.05) is 42.3 Å². The fourth-order valence-corrected chi connectivity index (χ4v) is 1.64. The minimum Gasteiger partial charge on any atom is -0.272 e. The fraction of sp³-hybridized carbons (Fsp3) is 0.182. The van der Waals surface area contributed by atoms with Crippen LogP contribution in [0.5, 0.6) is 0 Å². The lowest BCUT2D eigenvalue weighted by Crippen LogP contribution is -1.92. The van der Waals surface area contributed by atoms with Gasteiger partial charge in [-0.25, -0.2) is 9.50 Å². The Bertz CT molecular complexity index is 622. The first-order valence-corrected chi connectivity index (χ1v) is 5.19. The van der Waals surface area contributed by atoms with Crippen molar-refractivity contribution >= 4 is 5.65 Å². The van der Waals surface area contributed by atoms with Gasteiger partial charge in [-0.15, -0.1) is 0 Å². The number of hydrogen-bond donors (Lipinski definition) is 0. The van der Waals surface area contributed by atoms with E-state index in [4.69, 9.17) is 0 Å². The summed E-state index contributed by atoms with van der Waals surface area (Å²) in [5, 5.41) is 8.40. The molecule has 5 heteroatoms. The van der Waals surface area contributed by atoms with Crippen LogP contribution >= 0.6 is 0 Å². The fourth-order valence-electron chi connectivity index (χ4n) is 1.64. The van der Waals surface area contributed by atoms with Gasteiger partial charge in [0.25, 0.3) is 0 Å². The SMILES string of the molecule is CCn1cc(-c2cnc3ccnn3c2)cn1. The van der Waals surface area contributed by atoms with Crippen molar-refractivity contribution in [1.82, 2.24) is 24.4 Å². The summed E-state index contributed by atoms with van der Waals surface area (Å²) >= 11 is 0. The van der Waals surface area contributed by atoms with Gasteiger partial charge in [0.2, 0.25) is 0 Å². The molecule has 0 bridgehead atoms. The molecule has 3 aromatic rings. The summed E-state index contributed by atoms with van der Waals surface area (Å²) in [6.45, 7) is 2.93. The lowest BCUT2D eigenvalue weighted by molar-refractivity contribution is 0.660. The zero-order valence-electron chi connectivity index (χ0n) is 8.91. The third-order valence-corrected chi connectivity index (χ3v) is 2.54. The third kappa shape index (κ3) is 1.37. The van der Waals surface area contributed by atoms with Crippen LogP contribution in [0.15, 0.2) is 37.1 Å². The van der Waals surface area contributed by atoms with Gasteiger partial charge >= 0.3 is 0 Å². The first kappa shape index (κ1) is 9.08. The predicted molar refractivity (Wildman–Crippen MR) is 59.9 cm³/mol. The Labute approximate surface area is 92.4 Å². The van der Waals surface area contributed by atoms with E-state index in [1.807, 2.05) is 35.5 Å². The topological polar surface area (TPSA) is 48.0 Å². The molecule has 5 nitrogen and oxygen atoms in total. The molecule has 0 aliphatic heterocycles. The minimum atomic E-state index is 0.853. The van der Waals surface area contributed by atoms with E-state index in [1.54, 1.807) is 10.7 Å². The Kier molecular flexibility index (Phi) is 1.96. The molecule has 0 aliphatic carbocycles. The zero-order valence-corrected chi connectivity index (χ0v) is 8.91. The van der Waals surface area contributed by atoms with E-state index in [0.29, 0.717) is 0 Å². The molecule has 0 fully saturated rings. The summed E-state index contributed by atoms with van der Waals surface area (Å²) in [6.07, 6.45) is 9.39. The van der Waals surface area contributed by atoms with Gasteiger partial charge in [0.15, 0.2) is 5.65 Å². The van der Waals surface area contributed by atoms with Gasteiger partial charge < -0.3 is 0 Å². The van der Waals surface area contributed by atoms with Crippen LogP contribution < -0.4 is 0 Å². The second-order valence-corrected chi connectivity index (χ2v) is 3.56. The van der Waals surface area contributed by atoms with E-state index >= 15 is 0 Å². The van der Waals surface area contributed by atoms with E-state index in [0.717, 1.165) is 23.3 Å². The quantitative estimate of drug-likeness (QED) is 0.649. The van der Waals surface area contributed by atoms with Crippen molar-refractivity contribution in [3.8, 4) is 11.1 Å². The highest BCUT2D eigenvalue weighted by atomic mass is 15.3. The second kappa shape index (κ2) is 3.44. The molecule has 0 spiro atoms. The van der Waals surface area contributed by atoms with Crippen molar-refractivity contribution in [2.75, 3.05) is 0 Å². The summed E-state index contributed by atoms with van der Waals surface area (Å²) < 4.78 is 3.65. The summed E-state index contributed by atoms with van der Waals surface area (Å²) in [5.41, 5.74) is 2.94. The normalized spacial score (nSPS) is 11.1. The highest BCUT2D eigenvalue weighted by Crippen LogP contribution is 2.17. The van der Waals surface area contributed by atoms with Crippen LogP contribution in [0.4, 0.5) is 0 Å². The molecular weight excluding hydrogens is 202 g/mol. The maximum absolute atomic E-state index is 4.32. The van der Waals surface area contributed by atoms with Gasteiger partial charge in [-0.05, 0) is 6.92 Å². The number of hydrogen-bond acceptors (Lipinski definition) is 3. The summed E-state index contributed by atoms with van der Waals surface area (Å²) in [5.74, 6) is 0. The molecule has 0 saturated heterocycles. The first-order valence-electron chi connectivity index (χ1n) is 5.19. The number of rotatable bonds is 2. The van der Waals surface area contributed by atoms with Crippen LogP contribution in [0.1, 0.15) is 6.92 Å². The lowest BCUT2D eigenvalue weighted by Gasteiger charge is -1.97. The molecule has 0 N–H and O–H groups in total. The molecule has 0 aromatic carbocycles. The van der Waals surface area contributed by atoms with Crippen molar-refractivity contribution in [3.05, 3.63) is 37.1 Å². The number of nitrogens with zero attached hydrogens (tertiary/aromatic N) is 5. The average molecular weight is 213 g/mol. The van der Waals surface area contributed by atoms with Gasteiger partial charge in [-0.1, -0.05) is 0 Å². The molecule has 3 heterocycles. The lowest BCUT2D eigenvalue weighted by atomic mass is 10.2. The Hall–Kier alpha value is -2.17. The van der Waals surface area contributed by atoms with Gasteiger partial charge in [-0.3, -0.25) is 4.68 Å². The Morgan fingerprint density at radius 1 is 1.12 bits per heavy atom. The number of aryl methyl sites for hydroxylation is 1. The molecular formula is C11H11N5. The van der Waals surface area contributed by atoms with E-state index in [-0.39, 0.29) is 0 Å². The van der Waals surface area contributed by atoms with E-state index in [2.05, 4.69) is 22.1 Å². The molecule has 0 amide bonds. The maximum Gasteiger partial charge on any atom is 0.154 e. The van der Waals surface area contributed by atoms with Crippen LogP contribution in [-0.2, 0) is 6.54 Å². The third-order valence-electron chi connectivity index (χ3n) is 2.54. The van der Waals surface area contributed by atoms with Crippen LogP contribution in [-0.4, -0.2) is 24.4 Å². The summed E-state index contributed by atoms with van der Waals surface area (Å²) in [6, 6.07) is 1.87. The van der Waals surface area contributed by atoms with Crippen molar-refractivity contribution in [1.29, 1.82) is 0 Å². The minimum absolute atomic E-state index is 0.853. The second-order valence-electron chi connectivity index (χ2n) is 3.56. The molecule has 80 valence electrons. The predicted octanol–water partition coefficient (Wildman–Crippen LogP) is 1.61. The Morgan fingerprint density at radius 3 is 2.81 bits per heavy atom. The molecule has 0 atom stereocenters. The molecule has 0 aliphatic rings. The van der Waals surface area contributed by atoms with Crippen molar-refractivity contribution in [2.45, 2.75) is 13.5 Å². The van der Waals surface area contributed by atoms with E-state index < -0.39 is 0 Å². The van der Waals surface area contributed by atoms with E-state index in [9.17, 15) is 0 Å². The van der Waals surface area contributed by atoms with Crippen LogP contribution in [0, 0.1) is 0 Å². The zero-order chi connectivity index (χ0) is 11.0. The van der Waals surface area contributed by atoms with Gasteiger partial charge in [0.05, 0.1) is 12.4 Å². The Morgan fingerprint density at radius 2 is 2.00 bits per heavy atom. The monoisotopic (exact) mass is 213 g/mol. The molecule has 16 heavy (non-hydrogen) atoms. The smallest absolute Gasteiger partial charge is 0.154 e. The number of fused-ring (bicyclic) bond motifs is 1. The number of aromatic nitrogens is 5. The van der Waals surface area contributed by atoms with Crippen molar-refractivity contribution in [2.24, 2.45) is 0 Å². The first-order chi connectivity index (χ1) is 7.86. The van der Waals surface area contributed by atoms with Crippen LogP contribution in [0.2, 0.25) is 0 Å². The Balaban J connectivity index is 2.10. The van der Waals surface area contributed by atoms with Crippen LogP contribution in [0.3, 0.4) is 0 Å². The van der Waals surface area contributed by atoms with Crippen molar-refractivity contribution in [3.63, 3.8) is 0 Å². The van der Waals surface area contributed by atoms with Gasteiger partial charge in [-0.2, -0.15) is 10.2 Å². The maximum atomic E-state index is 4.32. The summed E-state index contributed by atoms with van der Waals surface area (Å²) in [4.78, 5) is 4.32. The van der Waals surface area contributed by atoms with Crippen molar-refractivity contribution < 1.29 is 0 Å². The highest BCUT2D eigenvalue weighted by Gasteiger charge is 2.03. The molecule has 3 rings (SSSR count). The molecule has 0 radical (unpaired) electrons. The van der Waals surface area contributed by atoms with Crippen LogP contribution in [0.25, 0.3) is 16.8 Å². The highest BCUT2D eigenvalue weighted by molar-refractivity contribution is 5.60. The van der Waals surface area contributed by atoms with E-state index in [1.165, 1.54) is 0 Å². The molecule has 3 aromatic heterocycles. The average Bonchev–Trinajstić information content (AvgIpc) is 2.96. The van der Waals surface area contributed by atoms with Gasteiger partial charge in [0.1, 0.15) is 0 Å².